The highest BCUT2D eigenvalue weighted by Crippen LogP contribution is 2.26. The monoisotopic (exact) mass is 283 g/mol. The van der Waals surface area contributed by atoms with Gasteiger partial charge in [0.05, 0.1) is 18.8 Å². The lowest BCUT2D eigenvalue weighted by atomic mass is 10.00. The molecule has 1 unspecified atom stereocenters. The Morgan fingerprint density at radius 2 is 1.95 bits per heavy atom. The molecule has 0 bridgehead atoms. The van der Waals surface area contributed by atoms with Gasteiger partial charge < -0.3 is 9.15 Å². The predicted molar refractivity (Wildman–Crippen MR) is 81.9 cm³/mol. The minimum Gasteiger partial charge on any atom is -0.464 e. The number of fused-ring (bicyclic) bond motifs is 1. The molecule has 0 aliphatic carbocycles. The molecule has 0 spiro atoms. The molecule has 0 aliphatic heterocycles. The highest BCUT2D eigenvalue weighted by Gasteiger charge is 2.16. The van der Waals surface area contributed by atoms with Gasteiger partial charge in [0.2, 0.25) is 0 Å². The van der Waals surface area contributed by atoms with Crippen LogP contribution in [0.2, 0.25) is 0 Å². The molecule has 3 rings (SSSR count). The van der Waals surface area contributed by atoms with Crippen LogP contribution in [0.15, 0.2) is 57.9 Å². The van der Waals surface area contributed by atoms with Crippen molar-refractivity contribution >= 4 is 10.8 Å². The van der Waals surface area contributed by atoms with Crippen LogP contribution < -0.4 is 10.5 Å². The Labute approximate surface area is 122 Å². The molecule has 0 saturated heterocycles. The van der Waals surface area contributed by atoms with Gasteiger partial charge in [-0.1, -0.05) is 42.5 Å². The van der Waals surface area contributed by atoms with E-state index >= 15 is 0 Å². The summed E-state index contributed by atoms with van der Waals surface area (Å²) in [6.07, 6.45) is 1.62. The maximum Gasteiger partial charge on any atom is 0.422 e. The van der Waals surface area contributed by atoms with Crippen molar-refractivity contribution in [3.63, 3.8) is 0 Å². The summed E-state index contributed by atoms with van der Waals surface area (Å²) in [5, 5.41) is 2.29. The summed E-state index contributed by atoms with van der Waals surface area (Å²) in [5.74, 6) is -0.145. The van der Waals surface area contributed by atoms with Gasteiger partial charge >= 0.3 is 11.7 Å². The molecule has 1 heterocycles. The molecule has 0 saturated carbocycles. The first kappa shape index (κ1) is 13.5. The summed E-state index contributed by atoms with van der Waals surface area (Å²) in [7, 11) is 0. The first-order chi connectivity index (χ1) is 10.2. The van der Waals surface area contributed by atoms with Crippen molar-refractivity contribution in [1.29, 1.82) is 0 Å². The summed E-state index contributed by atoms with van der Waals surface area (Å²) in [6.45, 7) is 4.30. The summed E-state index contributed by atoms with van der Waals surface area (Å²) < 4.78 is 11.9. The van der Waals surface area contributed by atoms with Crippen LogP contribution in [0.3, 0.4) is 0 Å². The van der Waals surface area contributed by atoms with Gasteiger partial charge in [-0.3, -0.25) is 4.57 Å². The molecular weight excluding hydrogens is 266 g/mol. The second-order valence-electron chi connectivity index (χ2n) is 4.90. The van der Waals surface area contributed by atoms with Gasteiger partial charge in [-0.2, -0.15) is 0 Å². The third-order valence-electron chi connectivity index (χ3n) is 3.62. The van der Waals surface area contributed by atoms with Gasteiger partial charge in [0.15, 0.2) is 0 Å². The topological polar surface area (TPSA) is 44.4 Å². The van der Waals surface area contributed by atoms with Crippen LogP contribution in [-0.4, -0.2) is 11.2 Å². The smallest absolute Gasteiger partial charge is 0.422 e. The maximum atomic E-state index is 12.0. The third kappa shape index (κ3) is 2.44. The van der Waals surface area contributed by atoms with E-state index in [2.05, 4.69) is 18.2 Å². The van der Waals surface area contributed by atoms with Crippen LogP contribution >= 0.6 is 0 Å². The predicted octanol–water partition coefficient (Wildman–Crippen LogP) is 3.60. The number of hydrogen-bond donors (Lipinski definition) is 0. The normalized spacial score (nSPS) is 12.5. The molecule has 21 heavy (non-hydrogen) atoms. The van der Waals surface area contributed by atoms with Crippen LogP contribution in [0, 0.1) is 0 Å². The van der Waals surface area contributed by atoms with Crippen LogP contribution in [-0.2, 0) is 0 Å². The number of benzene rings is 2. The second kappa shape index (κ2) is 5.48. The molecule has 0 fully saturated rings. The van der Waals surface area contributed by atoms with Crippen molar-refractivity contribution in [1.82, 2.24) is 4.57 Å². The molecule has 2 aromatic carbocycles. The molecule has 0 amide bonds. The van der Waals surface area contributed by atoms with Gasteiger partial charge in [-0.05, 0) is 30.2 Å². The number of hydrogen-bond acceptors (Lipinski definition) is 3. The molecule has 1 atom stereocenters. The quantitative estimate of drug-likeness (QED) is 0.734. The van der Waals surface area contributed by atoms with Crippen molar-refractivity contribution in [2.24, 2.45) is 0 Å². The lowest BCUT2D eigenvalue weighted by Crippen LogP contribution is -2.18. The van der Waals surface area contributed by atoms with Crippen molar-refractivity contribution < 1.29 is 9.15 Å². The minimum atomic E-state index is -0.404. The largest absolute Gasteiger partial charge is 0.464 e. The van der Waals surface area contributed by atoms with E-state index in [0.29, 0.717) is 6.61 Å². The van der Waals surface area contributed by atoms with Crippen molar-refractivity contribution in [3.8, 4) is 5.95 Å². The zero-order valence-electron chi connectivity index (χ0n) is 12.1. The van der Waals surface area contributed by atoms with Crippen molar-refractivity contribution in [2.75, 3.05) is 6.61 Å². The number of oxazole rings is 1. The van der Waals surface area contributed by atoms with E-state index in [-0.39, 0.29) is 12.0 Å². The average molecular weight is 283 g/mol. The van der Waals surface area contributed by atoms with Crippen molar-refractivity contribution in [3.05, 3.63) is 64.8 Å². The van der Waals surface area contributed by atoms with Gasteiger partial charge in [0.25, 0.3) is 0 Å². The van der Waals surface area contributed by atoms with Crippen molar-refractivity contribution in [2.45, 2.75) is 19.9 Å². The summed E-state index contributed by atoms with van der Waals surface area (Å²) in [4.78, 5) is 12.0. The fourth-order valence-electron chi connectivity index (χ4n) is 2.57. The molecular formula is C17H17NO3. The molecule has 4 nitrogen and oxygen atoms in total. The van der Waals surface area contributed by atoms with E-state index in [4.69, 9.17) is 9.15 Å². The number of nitrogens with zero attached hydrogens (tertiary/aromatic N) is 1. The van der Waals surface area contributed by atoms with E-state index in [0.717, 1.165) is 16.3 Å². The SMILES string of the molecule is CCOc1cn(C(C)c2cccc3ccccc23)c(=O)o1. The minimum absolute atomic E-state index is 0.124. The molecule has 1 aromatic heterocycles. The Balaban J connectivity index is 2.08. The highest BCUT2D eigenvalue weighted by molar-refractivity contribution is 5.86. The standard InChI is InChI=1S/C17H17NO3/c1-3-20-16-11-18(17(19)21-16)12(2)14-10-6-8-13-7-4-5-9-15(13)14/h4-12H,3H2,1-2H3. The molecule has 108 valence electrons. The van der Waals surface area contributed by atoms with E-state index in [1.54, 1.807) is 10.8 Å². The Kier molecular flexibility index (Phi) is 3.52. The first-order valence-electron chi connectivity index (χ1n) is 7.03. The molecule has 0 N–H and O–H groups in total. The molecule has 3 aromatic rings. The van der Waals surface area contributed by atoms with Crippen LogP contribution in [0.25, 0.3) is 10.8 Å². The molecule has 0 aliphatic rings. The zero-order valence-corrected chi connectivity index (χ0v) is 12.1. The van der Waals surface area contributed by atoms with Gasteiger partial charge in [0, 0.05) is 0 Å². The van der Waals surface area contributed by atoms with E-state index < -0.39 is 5.76 Å². The Morgan fingerprint density at radius 3 is 2.76 bits per heavy atom. The van der Waals surface area contributed by atoms with E-state index in [1.165, 1.54) is 0 Å². The van der Waals surface area contributed by atoms with Gasteiger partial charge in [0.1, 0.15) is 0 Å². The van der Waals surface area contributed by atoms with Crippen LogP contribution in [0.1, 0.15) is 25.5 Å². The van der Waals surface area contributed by atoms with E-state index in [1.807, 2.05) is 38.1 Å². The Morgan fingerprint density at radius 1 is 1.19 bits per heavy atom. The van der Waals surface area contributed by atoms with Crippen LogP contribution in [0.5, 0.6) is 5.95 Å². The fraction of sp³-hybridized carbons (Fsp3) is 0.235. The average Bonchev–Trinajstić information content (AvgIpc) is 2.87. The lowest BCUT2D eigenvalue weighted by molar-refractivity contribution is 0.249. The number of aromatic nitrogens is 1. The van der Waals surface area contributed by atoms with Gasteiger partial charge in [-0.15, -0.1) is 0 Å². The Hall–Kier alpha value is -2.49. The number of ether oxygens (including phenoxy) is 1. The number of rotatable bonds is 4. The maximum absolute atomic E-state index is 12.0. The Bertz CT molecular complexity index is 811. The van der Waals surface area contributed by atoms with Crippen LogP contribution in [0.4, 0.5) is 0 Å². The lowest BCUT2D eigenvalue weighted by Gasteiger charge is -2.14. The third-order valence-corrected chi connectivity index (χ3v) is 3.62. The van der Waals surface area contributed by atoms with Gasteiger partial charge in [-0.25, -0.2) is 4.79 Å². The first-order valence-corrected chi connectivity index (χ1v) is 7.03. The summed E-state index contributed by atoms with van der Waals surface area (Å²) >= 11 is 0. The van der Waals surface area contributed by atoms with E-state index in [9.17, 15) is 4.79 Å². The zero-order chi connectivity index (χ0) is 14.8. The second-order valence-corrected chi connectivity index (χ2v) is 4.90. The molecule has 4 heteroatoms. The molecule has 0 radical (unpaired) electrons. The highest BCUT2D eigenvalue weighted by atomic mass is 16.6. The fourth-order valence-corrected chi connectivity index (χ4v) is 2.57. The summed E-state index contributed by atoms with van der Waals surface area (Å²) in [5.41, 5.74) is 1.08. The summed E-state index contributed by atoms with van der Waals surface area (Å²) in [6, 6.07) is 14.1.